The number of hydrogen-bond donors (Lipinski definition) is 0. The Morgan fingerprint density at radius 1 is 1.18 bits per heavy atom. The monoisotopic (exact) mass is 194 g/mol. The summed E-state index contributed by atoms with van der Waals surface area (Å²) >= 11 is 4.31. The summed E-state index contributed by atoms with van der Waals surface area (Å²) < 4.78 is 56.2. The van der Waals surface area contributed by atoms with Crippen molar-refractivity contribution in [2.24, 2.45) is 0 Å². The van der Waals surface area contributed by atoms with Crippen LogP contribution in [0.15, 0.2) is 11.1 Å². The highest BCUT2D eigenvalue weighted by atomic mass is 35.5. The summed E-state index contributed by atoms with van der Waals surface area (Å²) in [6.07, 6.45) is -8.19. The molecule has 0 rings (SSSR count). The number of Topliss-reactive ketones (excluding diaryl/α,β-unsaturated/α-hetero) is 1. The van der Waals surface area contributed by atoms with Crippen molar-refractivity contribution < 1.29 is 26.7 Å². The predicted molar refractivity (Wildman–Crippen MR) is 26.2 cm³/mol. The van der Waals surface area contributed by atoms with Gasteiger partial charge in [0.1, 0.15) is 0 Å². The fourth-order valence-corrected chi connectivity index (χ4v) is 0.317. The third-order valence-corrected chi connectivity index (χ3v) is 0.937. The maximum absolute atomic E-state index is 11.3. The maximum atomic E-state index is 11.3. The van der Waals surface area contributed by atoms with Crippen LogP contribution in [0.3, 0.4) is 0 Å². The first kappa shape index (κ1) is 10.3. The zero-order chi connectivity index (χ0) is 9.23. The van der Waals surface area contributed by atoms with Crippen molar-refractivity contribution >= 4 is 17.4 Å². The normalized spacial score (nSPS) is 11.1. The molecule has 0 atom stereocenters. The molecule has 0 saturated heterocycles. The number of ketones is 1. The molecule has 0 aromatic rings. The second kappa shape index (κ2) is 3.17. The number of rotatable bonds is 1. The van der Waals surface area contributed by atoms with Crippen molar-refractivity contribution in [3.05, 3.63) is 11.1 Å². The van der Waals surface area contributed by atoms with E-state index in [-0.39, 0.29) is 0 Å². The van der Waals surface area contributed by atoms with Crippen LogP contribution in [-0.4, -0.2) is 12.0 Å². The smallest absolute Gasteiger partial charge is 0.283 e. The van der Waals surface area contributed by atoms with E-state index >= 15 is 0 Å². The van der Waals surface area contributed by atoms with Crippen LogP contribution in [0.25, 0.3) is 0 Å². The van der Waals surface area contributed by atoms with Crippen molar-refractivity contribution in [3.63, 3.8) is 0 Å². The van der Waals surface area contributed by atoms with Crippen molar-refractivity contribution in [1.82, 2.24) is 0 Å². The van der Waals surface area contributed by atoms with Crippen LogP contribution in [0, 0.1) is 0 Å². The molecule has 0 saturated carbocycles. The Balaban J connectivity index is 4.67. The first-order chi connectivity index (χ1) is 4.76. The van der Waals surface area contributed by atoms with Gasteiger partial charge in [-0.05, 0) is 0 Å². The van der Waals surface area contributed by atoms with E-state index in [0.717, 1.165) is 0 Å². The van der Waals surface area contributed by atoms with Crippen molar-refractivity contribution in [2.75, 3.05) is 0 Å². The zero-order valence-corrected chi connectivity index (χ0v) is 5.43. The van der Waals surface area contributed by atoms with Gasteiger partial charge in [0.15, 0.2) is 5.03 Å². The van der Waals surface area contributed by atoms with Gasteiger partial charge in [-0.25, -0.2) is 0 Å². The first-order valence-electron chi connectivity index (χ1n) is 2.09. The van der Waals surface area contributed by atoms with Gasteiger partial charge < -0.3 is 0 Å². The summed E-state index contributed by atoms with van der Waals surface area (Å²) in [5, 5.41) is -2.09. The molecule has 0 bridgehead atoms. The third kappa shape index (κ3) is 2.83. The van der Waals surface area contributed by atoms with Crippen LogP contribution in [0.1, 0.15) is 0 Å². The predicted octanol–water partition coefficient (Wildman–Crippen LogP) is 2.46. The second-order valence-corrected chi connectivity index (χ2v) is 1.78. The molecule has 0 aromatic carbocycles. The van der Waals surface area contributed by atoms with Gasteiger partial charge in [-0.1, -0.05) is 11.6 Å². The van der Waals surface area contributed by atoms with Crippen LogP contribution < -0.4 is 0 Å². The largest absolute Gasteiger partial charge is 0.456 e. The molecule has 0 aliphatic rings. The molecule has 0 fully saturated rings. The standard InChI is InChI=1S/C4ClF5O/c5-1(3(6)7)2(11)4(8,9)10. The minimum atomic E-state index is -5.35. The lowest BCUT2D eigenvalue weighted by atomic mass is 10.4. The molecule has 0 aliphatic carbocycles. The molecular formula is C4ClF5O. The molecule has 0 N–H and O–H groups in total. The number of alkyl halides is 3. The summed E-state index contributed by atoms with van der Waals surface area (Å²) in [5.74, 6) is -2.74. The molecular weight excluding hydrogens is 194 g/mol. The second-order valence-electron chi connectivity index (χ2n) is 1.40. The Hall–Kier alpha value is -0.650. The van der Waals surface area contributed by atoms with Crippen LogP contribution in [-0.2, 0) is 4.79 Å². The molecule has 1 nitrogen and oxygen atoms in total. The molecule has 0 aliphatic heterocycles. The minimum Gasteiger partial charge on any atom is -0.283 e. The molecule has 0 heterocycles. The number of halogens is 6. The molecule has 7 heteroatoms. The lowest BCUT2D eigenvalue weighted by molar-refractivity contribution is -0.166. The third-order valence-electron chi connectivity index (χ3n) is 0.623. The van der Waals surface area contributed by atoms with Crippen LogP contribution in [0.4, 0.5) is 22.0 Å². The first-order valence-corrected chi connectivity index (χ1v) is 2.47. The molecule has 11 heavy (non-hydrogen) atoms. The SMILES string of the molecule is O=C(C(Cl)=C(F)F)C(F)(F)F. The Labute approximate surface area is 62.4 Å². The van der Waals surface area contributed by atoms with Crippen LogP contribution in [0.5, 0.6) is 0 Å². The highest BCUT2D eigenvalue weighted by Gasteiger charge is 2.42. The fourth-order valence-electron chi connectivity index (χ4n) is 0.210. The summed E-state index contributed by atoms with van der Waals surface area (Å²) in [7, 11) is 0. The van der Waals surface area contributed by atoms with E-state index in [0.29, 0.717) is 0 Å². The van der Waals surface area contributed by atoms with Gasteiger partial charge in [0.2, 0.25) is 0 Å². The maximum Gasteiger partial charge on any atom is 0.456 e. The topological polar surface area (TPSA) is 17.1 Å². The number of carbonyl (C=O) groups excluding carboxylic acids is 1. The minimum absolute atomic E-state index is 2.09. The molecule has 0 amide bonds. The summed E-state index contributed by atoms with van der Waals surface area (Å²) in [6.45, 7) is 0. The average Bonchev–Trinajstić information content (AvgIpc) is 1.82. The Morgan fingerprint density at radius 3 is 1.64 bits per heavy atom. The molecule has 0 radical (unpaired) electrons. The van der Waals surface area contributed by atoms with Crippen LogP contribution >= 0.6 is 11.6 Å². The Bertz CT molecular complexity index is 201. The zero-order valence-electron chi connectivity index (χ0n) is 4.68. The van der Waals surface area contributed by atoms with E-state index in [1.807, 2.05) is 0 Å². The van der Waals surface area contributed by atoms with E-state index in [9.17, 15) is 26.7 Å². The average molecular weight is 194 g/mol. The Kier molecular flexibility index (Phi) is 2.98. The Morgan fingerprint density at radius 2 is 1.55 bits per heavy atom. The summed E-state index contributed by atoms with van der Waals surface area (Å²) in [4.78, 5) is 9.81. The molecule has 0 aromatic heterocycles. The van der Waals surface area contributed by atoms with Crippen molar-refractivity contribution in [1.29, 1.82) is 0 Å². The van der Waals surface area contributed by atoms with Gasteiger partial charge in [-0.3, -0.25) is 4.79 Å². The number of carbonyl (C=O) groups is 1. The molecule has 0 unspecified atom stereocenters. The van der Waals surface area contributed by atoms with Gasteiger partial charge in [0, 0.05) is 0 Å². The quantitative estimate of drug-likeness (QED) is 0.463. The van der Waals surface area contributed by atoms with E-state index in [1.165, 1.54) is 0 Å². The number of allylic oxidation sites excluding steroid dienone is 1. The van der Waals surface area contributed by atoms with E-state index in [4.69, 9.17) is 0 Å². The van der Waals surface area contributed by atoms with Crippen molar-refractivity contribution in [2.45, 2.75) is 6.18 Å². The van der Waals surface area contributed by atoms with Gasteiger partial charge in [0.25, 0.3) is 11.9 Å². The summed E-state index contributed by atoms with van der Waals surface area (Å²) in [5.41, 5.74) is 0. The van der Waals surface area contributed by atoms with E-state index in [1.54, 1.807) is 0 Å². The lowest BCUT2D eigenvalue weighted by Crippen LogP contribution is -2.22. The summed E-state index contributed by atoms with van der Waals surface area (Å²) in [6, 6.07) is 0. The lowest BCUT2D eigenvalue weighted by Gasteiger charge is -2.01. The van der Waals surface area contributed by atoms with Gasteiger partial charge in [0.05, 0.1) is 0 Å². The number of hydrogen-bond acceptors (Lipinski definition) is 1. The van der Waals surface area contributed by atoms with Gasteiger partial charge >= 0.3 is 6.18 Å². The fraction of sp³-hybridized carbons (Fsp3) is 0.250. The van der Waals surface area contributed by atoms with Gasteiger partial charge in [-0.15, -0.1) is 0 Å². The highest BCUT2D eigenvalue weighted by Crippen LogP contribution is 2.25. The van der Waals surface area contributed by atoms with Crippen LogP contribution in [0.2, 0.25) is 0 Å². The molecule has 0 spiro atoms. The highest BCUT2D eigenvalue weighted by molar-refractivity contribution is 6.43. The van der Waals surface area contributed by atoms with Gasteiger partial charge in [-0.2, -0.15) is 22.0 Å². The molecule has 64 valence electrons. The van der Waals surface area contributed by atoms with Crippen molar-refractivity contribution in [3.8, 4) is 0 Å². The van der Waals surface area contributed by atoms with E-state index < -0.39 is 23.1 Å². The van der Waals surface area contributed by atoms with E-state index in [2.05, 4.69) is 11.6 Å².